The molecular formula is C12H12ClNO5S. The summed E-state index contributed by atoms with van der Waals surface area (Å²) in [6, 6.07) is -0.262. The second kappa shape index (κ2) is 5.88. The highest BCUT2D eigenvalue weighted by Crippen LogP contribution is 2.45. The number of alkyl halides is 1. The molecule has 8 heteroatoms. The number of esters is 1. The Bertz CT molecular complexity index is 518. The molecular weight excluding hydrogens is 306 g/mol. The van der Waals surface area contributed by atoms with Gasteiger partial charge in [0.15, 0.2) is 6.07 Å². The van der Waals surface area contributed by atoms with Gasteiger partial charge >= 0.3 is 11.9 Å². The van der Waals surface area contributed by atoms with Gasteiger partial charge in [-0.15, -0.1) is 11.8 Å². The molecule has 2 heterocycles. The SMILES string of the molecule is C=CC1=C(C(=O)O)N2C(=O)C(CC(=O)OCCl)[C@@H]2SC1. The van der Waals surface area contributed by atoms with Crippen molar-refractivity contribution >= 4 is 41.2 Å². The Morgan fingerprint density at radius 2 is 2.30 bits per heavy atom. The van der Waals surface area contributed by atoms with Crippen molar-refractivity contribution in [1.82, 2.24) is 4.90 Å². The van der Waals surface area contributed by atoms with Crippen LogP contribution >= 0.6 is 23.4 Å². The van der Waals surface area contributed by atoms with Crippen molar-refractivity contribution in [1.29, 1.82) is 0 Å². The maximum Gasteiger partial charge on any atom is 0.352 e. The van der Waals surface area contributed by atoms with Gasteiger partial charge in [-0.25, -0.2) is 4.79 Å². The minimum absolute atomic E-state index is 0.0456. The molecule has 0 saturated carbocycles. The van der Waals surface area contributed by atoms with Crippen LogP contribution in [0.25, 0.3) is 0 Å². The number of carboxylic acid groups (broad SMARTS) is 1. The molecule has 1 saturated heterocycles. The van der Waals surface area contributed by atoms with Crippen molar-refractivity contribution in [2.24, 2.45) is 5.92 Å². The van der Waals surface area contributed by atoms with Crippen LogP contribution in [-0.4, -0.2) is 45.0 Å². The molecule has 0 radical (unpaired) electrons. The number of β-lactam (4-membered cyclic amide) rings is 1. The Morgan fingerprint density at radius 1 is 1.60 bits per heavy atom. The standard InChI is InChI=1S/C12H12ClNO5S/c1-2-6-4-20-11-7(3-8(15)19-5-13)10(16)14(11)9(6)12(17)18/h2,7,11H,1,3-5H2,(H,17,18)/t7?,11-/m0/s1. The quantitative estimate of drug-likeness (QED) is 0.465. The largest absolute Gasteiger partial charge is 0.477 e. The van der Waals surface area contributed by atoms with Crippen molar-refractivity contribution in [2.75, 3.05) is 11.8 Å². The van der Waals surface area contributed by atoms with Crippen molar-refractivity contribution in [3.63, 3.8) is 0 Å². The third-order valence-corrected chi connectivity index (χ3v) is 4.63. The number of carbonyl (C=O) groups excluding carboxylic acids is 2. The van der Waals surface area contributed by atoms with E-state index >= 15 is 0 Å². The number of amides is 1. The number of rotatable bonds is 5. The van der Waals surface area contributed by atoms with E-state index in [1.165, 1.54) is 22.7 Å². The van der Waals surface area contributed by atoms with E-state index < -0.39 is 17.9 Å². The van der Waals surface area contributed by atoms with Gasteiger partial charge in [-0.1, -0.05) is 24.3 Å². The van der Waals surface area contributed by atoms with E-state index in [1.807, 2.05) is 0 Å². The summed E-state index contributed by atoms with van der Waals surface area (Å²) in [5, 5.41) is 8.87. The summed E-state index contributed by atoms with van der Waals surface area (Å²) >= 11 is 6.69. The highest BCUT2D eigenvalue weighted by Gasteiger charge is 2.53. The lowest BCUT2D eigenvalue weighted by atomic mass is 9.92. The second-order valence-corrected chi connectivity index (χ2v) is 5.55. The summed E-state index contributed by atoms with van der Waals surface area (Å²) in [5.41, 5.74) is 0.463. The van der Waals surface area contributed by atoms with Gasteiger partial charge in [-0.05, 0) is 5.57 Å². The highest BCUT2D eigenvalue weighted by molar-refractivity contribution is 8.00. The van der Waals surface area contributed by atoms with Crippen LogP contribution in [-0.2, 0) is 19.1 Å². The molecule has 2 rings (SSSR count). The van der Waals surface area contributed by atoms with Gasteiger partial charge in [0.25, 0.3) is 0 Å². The Balaban J connectivity index is 2.17. The third-order valence-electron chi connectivity index (χ3n) is 3.16. The number of fused-ring (bicyclic) bond motifs is 1. The summed E-state index contributed by atoms with van der Waals surface area (Å²) in [4.78, 5) is 35.9. The van der Waals surface area contributed by atoms with E-state index in [2.05, 4.69) is 11.3 Å². The molecule has 0 spiro atoms. The van der Waals surface area contributed by atoms with Crippen LogP contribution in [0.5, 0.6) is 0 Å². The normalized spacial score (nSPS) is 24.9. The summed E-state index contributed by atoms with van der Waals surface area (Å²) in [6.45, 7) is 3.56. The van der Waals surface area contributed by atoms with Crippen LogP contribution in [0.2, 0.25) is 0 Å². The lowest BCUT2D eigenvalue weighted by Crippen LogP contribution is -2.61. The molecule has 108 valence electrons. The molecule has 1 fully saturated rings. The maximum atomic E-state index is 12.1. The summed E-state index contributed by atoms with van der Waals surface area (Å²) in [7, 11) is 0. The third kappa shape index (κ3) is 2.43. The lowest BCUT2D eigenvalue weighted by Gasteiger charge is -2.49. The van der Waals surface area contributed by atoms with Gasteiger partial charge in [-0.2, -0.15) is 0 Å². The van der Waals surface area contributed by atoms with E-state index in [0.29, 0.717) is 11.3 Å². The zero-order chi connectivity index (χ0) is 14.9. The van der Waals surface area contributed by atoms with E-state index in [9.17, 15) is 19.5 Å². The molecule has 0 aliphatic carbocycles. The summed E-state index contributed by atoms with van der Waals surface area (Å²) in [6.07, 6.45) is 1.35. The number of hydrogen-bond acceptors (Lipinski definition) is 5. The van der Waals surface area contributed by atoms with E-state index in [4.69, 9.17) is 11.6 Å². The van der Waals surface area contributed by atoms with Gasteiger partial charge in [0.05, 0.1) is 17.7 Å². The number of allylic oxidation sites excluding steroid dienone is 1. The minimum atomic E-state index is -1.17. The van der Waals surface area contributed by atoms with E-state index in [0.717, 1.165) is 0 Å². The molecule has 20 heavy (non-hydrogen) atoms. The average molecular weight is 318 g/mol. The molecule has 2 aliphatic heterocycles. The maximum absolute atomic E-state index is 12.1. The Hall–Kier alpha value is -1.47. The molecule has 2 atom stereocenters. The fourth-order valence-corrected chi connectivity index (χ4v) is 3.76. The van der Waals surface area contributed by atoms with Crippen molar-refractivity contribution in [2.45, 2.75) is 11.8 Å². The number of aliphatic carboxylic acids is 1. The van der Waals surface area contributed by atoms with Gasteiger partial charge in [-0.3, -0.25) is 14.5 Å². The molecule has 0 bridgehead atoms. The number of ether oxygens (including phenoxy) is 1. The van der Waals surface area contributed by atoms with Gasteiger partial charge in [0.1, 0.15) is 5.70 Å². The molecule has 1 N–H and O–H groups in total. The highest BCUT2D eigenvalue weighted by atomic mass is 35.5. The molecule has 1 amide bonds. The zero-order valence-electron chi connectivity index (χ0n) is 10.4. The Labute approximate surface area is 124 Å². The van der Waals surface area contributed by atoms with Crippen molar-refractivity contribution in [3.05, 3.63) is 23.9 Å². The van der Waals surface area contributed by atoms with E-state index in [-0.39, 0.29) is 29.5 Å². The van der Waals surface area contributed by atoms with Crippen LogP contribution in [0.3, 0.4) is 0 Å². The fraction of sp³-hybridized carbons (Fsp3) is 0.417. The average Bonchev–Trinajstić information content (AvgIpc) is 2.43. The molecule has 0 aromatic rings. The van der Waals surface area contributed by atoms with Gasteiger partial charge in [0.2, 0.25) is 5.91 Å². The predicted molar refractivity (Wildman–Crippen MR) is 72.9 cm³/mol. The lowest BCUT2D eigenvalue weighted by molar-refractivity contribution is -0.158. The first-order chi connectivity index (χ1) is 9.51. The fourth-order valence-electron chi connectivity index (χ4n) is 2.23. The first-order valence-electron chi connectivity index (χ1n) is 5.76. The van der Waals surface area contributed by atoms with Gasteiger partial charge < -0.3 is 9.84 Å². The number of thioether (sulfide) groups is 1. The van der Waals surface area contributed by atoms with E-state index in [1.54, 1.807) is 0 Å². The Morgan fingerprint density at radius 3 is 2.85 bits per heavy atom. The minimum Gasteiger partial charge on any atom is -0.477 e. The predicted octanol–water partition coefficient (Wildman–Crippen LogP) is 1.17. The summed E-state index contributed by atoms with van der Waals surface area (Å²) in [5.74, 6) is -2.23. The number of hydrogen-bond donors (Lipinski definition) is 1. The molecule has 1 unspecified atom stereocenters. The second-order valence-electron chi connectivity index (χ2n) is 4.23. The Kier molecular flexibility index (Phi) is 4.39. The zero-order valence-corrected chi connectivity index (χ0v) is 11.9. The van der Waals surface area contributed by atoms with Crippen molar-refractivity contribution < 1.29 is 24.2 Å². The number of carbonyl (C=O) groups is 3. The van der Waals surface area contributed by atoms with Crippen molar-refractivity contribution in [3.8, 4) is 0 Å². The summed E-state index contributed by atoms with van der Waals surface area (Å²) < 4.78 is 4.59. The molecule has 0 aromatic heterocycles. The molecule has 0 aromatic carbocycles. The van der Waals surface area contributed by atoms with Crippen LogP contribution in [0.4, 0.5) is 0 Å². The molecule has 2 aliphatic rings. The first-order valence-corrected chi connectivity index (χ1v) is 7.34. The van der Waals surface area contributed by atoms with Gasteiger partial charge in [0, 0.05) is 5.75 Å². The number of halogens is 1. The van der Waals surface area contributed by atoms with Crippen LogP contribution < -0.4 is 0 Å². The number of carboxylic acids is 1. The molecule has 6 nitrogen and oxygen atoms in total. The topological polar surface area (TPSA) is 83.9 Å². The number of nitrogens with zero attached hydrogens (tertiary/aromatic N) is 1. The first kappa shape index (κ1) is 14.9. The van der Waals surface area contributed by atoms with Crippen LogP contribution in [0.15, 0.2) is 23.9 Å². The van der Waals surface area contributed by atoms with Crippen LogP contribution in [0, 0.1) is 5.92 Å². The monoisotopic (exact) mass is 317 g/mol. The smallest absolute Gasteiger partial charge is 0.352 e. The van der Waals surface area contributed by atoms with Crippen LogP contribution in [0.1, 0.15) is 6.42 Å².